The van der Waals surface area contributed by atoms with Crippen LogP contribution in [0, 0.1) is 0 Å². The molecule has 6 heteroatoms. The van der Waals surface area contributed by atoms with Gasteiger partial charge in [0, 0.05) is 13.7 Å². The second-order valence-electron chi connectivity index (χ2n) is 3.40. The Balaban J connectivity index is 2.71. The summed E-state index contributed by atoms with van der Waals surface area (Å²) < 4.78 is 10.0. The summed E-state index contributed by atoms with van der Waals surface area (Å²) in [6, 6.07) is -0.677. The van der Waals surface area contributed by atoms with Crippen molar-refractivity contribution in [1.82, 2.24) is 4.90 Å². The molecule has 86 valence electrons. The summed E-state index contributed by atoms with van der Waals surface area (Å²) in [7, 11) is 1.45. The molecule has 1 saturated heterocycles. The number of primary amides is 1. The standard InChI is InChI=1S/C9H16N2O4/c1-6(14-2)9(13)11-3-4-15-5-7(11)8(10)12/h6-7H,3-5H2,1-2H3,(H2,10,12). The lowest BCUT2D eigenvalue weighted by molar-refractivity contribution is -0.154. The smallest absolute Gasteiger partial charge is 0.252 e. The molecule has 1 rings (SSSR count). The Kier molecular flexibility index (Phi) is 4.05. The largest absolute Gasteiger partial charge is 0.377 e. The minimum absolute atomic E-state index is 0.164. The van der Waals surface area contributed by atoms with E-state index >= 15 is 0 Å². The molecule has 6 nitrogen and oxygen atoms in total. The van der Waals surface area contributed by atoms with Crippen molar-refractivity contribution in [2.45, 2.75) is 19.1 Å². The fraction of sp³-hybridized carbons (Fsp3) is 0.778. The van der Waals surface area contributed by atoms with Crippen molar-refractivity contribution in [3.63, 3.8) is 0 Å². The van der Waals surface area contributed by atoms with Crippen LogP contribution < -0.4 is 5.73 Å². The molecule has 2 N–H and O–H groups in total. The Morgan fingerprint density at radius 3 is 2.80 bits per heavy atom. The minimum Gasteiger partial charge on any atom is -0.377 e. The number of rotatable bonds is 3. The van der Waals surface area contributed by atoms with Crippen LogP contribution in [0.5, 0.6) is 0 Å². The van der Waals surface area contributed by atoms with E-state index in [9.17, 15) is 9.59 Å². The maximum atomic E-state index is 11.8. The van der Waals surface area contributed by atoms with Crippen molar-refractivity contribution >= 4 is 11.8 Å². The highest BCUT2D eigenvalue weighted by Gasteiger charge is 2.33. The summed E-state index contributed by atoms with van der Waals surface area (Å²) in [6.45, 7) is 2.60. The summed E-state index contributed by atoms with van der Waals surface area (Å²) in [5, 5.41) is 0. The summed E-state index contributed by atoms with van der Waals surface area (Å²) in [5.74, 6) is -0.782. The van der Waals surface area contributed by atoms with Crippen molar-refractivity contribution < 1.29 is 19.1 Å². The lowest BCUT2D eigenvalue weighted by Gasteiger charge is -2.34. The van der Waals surface area contributed by atoms with Gasteiger partial charge < -0.3 is 20.1 Å². The summed E-state index contributed by atoms with van der Waals surface area (Å²) in [5.41, 5.74) is 5.18. The number of hydrogen-bond donors (Lipinski definition) is 1. The van der Waals surface area contributed by atoms with Gasteiger partial charge in [-0.1, -0.05) is 0 Å². The van der Waals surface area contributed by atoms with Crippen molar-refractivity contribution in [3.8, 4) is 0 Å². The van der Waals surface area contributed by atoms with Crippen molar-refractivity contribution in [2.24, 2.45) is 5.73 Å². The molecule has 1 heterocycles. The molecule has 0 aromatic carbocycles. The molecule has 2 unspecified atom stereocenters. The SMILES string of the molecule is COC(C)C(=O)N1CCOCC1C(N)=O. The number of nitrogens with zero attached hydrogens (tertiary/aromatic N) is 1. The summed E-state index contributed by atoms with van der Waals surface area (Å²) in [6.07, 6.45) is -0.565. The molecule has 0 spiro atoms. The molecule has 0 aliphatic carbocycles. The van der Waals surface area contributed by atoms with Crippen LogP contribution in [0.15, 0.2) is 0 Å². The third-order valence-corrected chi connectivity index (χ3v) is 2.44. The lowest BCUT2D eigenvalue weighted by atomic mass is 10.2. The van der Waals surface area contributed by atoms with Crippen LogP contribution in [0.25, 0.3) is 0 Å². The average Bonchev–Trinajstić information content (AvgIpc) is 2.27. The fourth-order valence-electron chi connectivity index (χ4n) is 1.44. The molecule has 0 aromatic rings. The number of hydrogen-bond acceptors (Lipinski definition) is 4. The third-order valence-electron chi connectivity index (χ3n) is 2.44. The van der Waals surface area contributed by atoms with Gasteiger partial charge in [0.15, 0.2) is 0 Å². The van der Waals surface area contributed by atoms with Crippen LogP contribution in [-0.2, 0) is 19.1 Å². The summed E-state index contributed by atoms with van der Waals surface area (Å²) >= 11 is 0. The average molecular weight is 216 g/mol. The quantitative estimate of drug-likeness (QED) is 0.638. The van der Waals surface area contributed by atoms with Crippen molar-refractivity contribution in [2.75, 3.05) is 26.9 Å². The molecule has 1 aliphatic heterocycles. The number of carbonyl (C=O) groups excluding carboxylic acids is 2. The highest BCUT2D eigenvalue weighted by Crippen LogP contribution is 2.09. The molecule has 0 radical (unpaired) electrons. The normalized spacial score (nSPS) is 23.6. The van der Waals surface area contributed by atoms with Gasteiger partial charge in [-0.15, -0.1) is 0 Å². The van der Waals surface area contributed by atoms with E-state index in [1.165, 1.54) is 12.0 Å². The second kappa shape index (κ2) is 5.09. The zero-order valence-electron chi connectivity index (χ0n) is 8.93. The highest BCUT2D eigenvalue weighted by molar-refractivity contribution is 5.88. The first kappa shape index (κ1) is 11.9. The molecule has 0 aromatic heterocycles. The number of ether oxygens (including phenoxy) is 2. The minimum atomic E-state index is -0.677. The first-order valence-corrected chi connectivity index (χ1v) is 4.78. The first-order valence-electron chi connectivity index (χ1n) is 4.78. The Hall–Kier alpha value is -1.14. The molecular formula is C9H16N2O4. The third kappa shape index (κ3) is 2.66. The molecule has 0 saturated carbocycles. The second-order valence-corrected chi connectivity index (χ2v) is 3.40. The number of morpholine rings is 1. The monoisotopic (exact) mass is 216 g/mol. The van der Waals surface area contributed by atoms with Gasteiger partial charge >= 0.3 is 0 Å². The van der Waals surface area contributed by atoms with E-state index in [1.54, 1.807) is 6.92 Å². The Morgan fingerprint density at radius 2 is 2.27 bits per heavy atom. The van der Waals surface area contributed by atoms with E-state index in [0.717, 1.165) is 0 Å². The van der Waals surface area contributed by atoms with Gasteiger partial charge in [-0.2, -0.15) is 0 Å². The van der Waals surface area contributed by atoms with E-state index in [4.69, 9.17) is 15.2 Å². The fourth-order valence-corrected chi connectivity index (χ4v) is 1.44. The lowest BCUT2D eigenvalue weighted by Crippen LogP contribution is -2.56. The highest BCUT2D eigenvalue weighted by atomic mass is 16.5. The maximum absolute atomic E-state index is 11.8. The van der Waals surface area contributed by atoms with Gasteiger partial charge in [0.2, 0.25) is 5.91 Å². The molecule has 1 fully saturated rings. The predicted molar refractivity (Wildman–Crippen MR) is 52.0 cm³/mol. The van der Waals surface area contributed by atoms with Crippen LogP contribution in [0.1, 0.15) is 6.92 Å². The van der Waals surface area contributed by atoms with Crippen molar-refractivity contribution in [1.29, 1.82) is 0 Å². The first-order chi connectivity index (χ1) is 7.07. The van der Waals surface area contributed by atoms with Crippen LogP contribution in [0.2, 0.25) is 0 Å². The number of nitrogens with two attached hydrogens (primary N) is 1. The van der Waals surface area contributed by atoms with E-state index in [1.807, 2.05) is 0 Å². The zero-order valence-corrected chi connectivity index (χ0v) is 8.93. The molecule has 2 atom stereocenters. The van der Waals surface area contributed by atoms with E-state index in [2.05, 4.69) is 0 Å². The van der Waals surface area contributed by atoms with Gasteiger partial charge in [0.25, 0.3) is 5.91 Å². The predicted octanol–water partition coefficient (Wildman–Crippen LogP) is -1.27. The van der Waals surface area contributed by atoms with Gasteiger partial charge in [0.1, 0.15) is 12.1 Å². The Labute approximate surface area is 88.3 Å². The number of carbonyl (C=O) groups is 2. The van der Waals surface area contributed by atoms with Gasteiger partial charge in [-0.25, -0.2) is 0 Å². The topological polar surface area (TPSA) is 81.9 Å². The number of amides is 2. The molecule has 2 amide bonds. The van der Waals surface area contributed by atoms with Crippen LogP contribution in [-0.4, -0.2) is 55.7 Å². The maximum Gasteiger partial charge on any atom is 0.252 e. The van der Waals surface area contributed by atoms with Gasteiger partial charge in [0.05, 0.1) is 13.2 Å². The summed E-state index contributed by atoms with van der Waals surface area (Å²) in [4.78, 5) is 24.3. The van der Waals surface area contributed by atoms with Crippen molar-refractivity contribution in [3.05, 3.63) is 0 Å². The van der Waals surface area contributed by atoms with E-state index in [-0.39, 0.29) is 12.5 Å². The van der Waals surface area contributed by atoms with Gasteiger partial charge in [-0.05, 0) is 6.92 Å². The zero-order chi connectivity index (χ0) is 11.4. The van der Waals surface area contributed by atoms with Crippen LogP contribution >= 0.6 is 0 Å². The Bertz CT molecular complexity index is 256. The van der Waals surface area contributed by atoms with Crippen LogP contribution in [0.3, 0.4) is 0 Å². The molecule has 15 heavy (non-hydrogen) atoms. The molecule has 0 bridgehead atoms. The van der Waals surface area contributed by atoms with E-state index < -0.39 is 18.1 Å². The van der Waals surface area contributed by atoms with Gasteiger partial charge in [-0.3, -0.25) is 9.59 Å². The Morgan fingerprint density at radius 1 is 1.60 bits per heavy atom. The number of methoxy groups -OCH3 is 1. The van der Waals surface area contributed by atoms with Crippen LogP contribution in [0.4, 0.5) is 0 Å². The molecular weight excluding hydrogens is 200 g/mol. The molecule has 1 aliphatic rings. The van der Waals surface area contributed by atoms with E-state index in [0.29, 0.717) is 13.2 Å².